The Morgan fingerprint density at radius 3 is 2.31 bits per heavy atom. The van der Waals surface area contributed by atoms with Crippen molar-refractivity contribution in [1.82, 2.24) is 0 Å². The third-order valence-corrected chi connectivity index (χ3v) is 2.05. The number of halogens is 3. The molecule has 1 atom stereocenters. The van der Waals surface area contributed by atoms with Gasteiger partial charge in [-0.15, -0.1) is 0 Å². The average Bonchev–Trinajstić information content (AvgIpc) is 2.00. The highest BCUT2D eigenvalue weighted by Crippen LogP contribution is 2.22. The number of carbonyl (C=O) groups excluding carboxylic acids is 1. The smallest absolute Gasteiger partial charge is 0.299 e. The standard InChI is InChI=1S/C9H15F3O/c1-3-7(2)8(13)5-4-6-9(10,11)12/h7H,3-6H2,1-2H3. The molecule has 0 aliphatic carbocycles. The predicted octanol–water partition coefficient (Wildman–Crippen LogP) is 3.33. The zero-order valence-electron chi connectivity index (χ0n) is 7.95. The van der Waals surface area contributed by atoms with Crippen LogP contribution in [0.5, 0.6) is 0 Å². The van der Waals surface area contributed by atoms with Crippen LogP contribution in [0.1, 0.15) is 39.5 Å². The zero-order valence-corrected chi connectivity index (χ0v) is 7.95. The van der Waals surface area contributed by atoms with Crippen LogP contribution >= 0.6 is 0 Å². The summed E-state index contributed by atoms with van der Waals surface area (Å²) in [6.45, 7) is 3.60. The van der Waals surface area contributed by atoms with Crippen LogP contribution in [0.15, 0.2) is 0 Å². The van der Waals surface area contributed by atoms with E-state index < -0.39 is 12.6 Å². The van der Waals surface area contributed by atoms with Crippen molar-refractivity contribution in [2.75, 3.05) is 0 Å². The van der Waals surface area contributed by atoms with Gasteiger partial charge in [0, 0.05) is 18.8 Å². The maximum Gasteiger partial charge on any atom is 0.389 e. The molecule has 13 heavy (non-hydrogen) atoms. The van der Waals surface area contributed by atoms with Gasteiger partial charge in [0.2, 0.25) is 0 Å². The first kappa shape index (κ1) is 12.5. The summed E-state index contributed by atoms with van der Waals surface area (Å²) in [4.78, 5) is 11.1. The molecule has 1 unspecified atom stereocenters. The van der Waals surface area contributed by atoms with Gasteiger partial charge >= 0.3 is 6.18 Å². The summed E-state index contributed by atoms with van der Waals surface area (Å²) in [7, 11) is 0. The number of alkyl halides is 3. The molecule has 78 valence electrons. The topological polar surface area (TPSA) is 17.1 Å². The van der Waals surface area contributed by atoms with Crippen LogP contribution in [0, 0.1) is 5.92 Å². The van der Waals surface area contributed by atoms with Crippen molar-refractivity contribution in [3.8, 4) is 0 Å². The van der Waals surface area contributed by atoms with Crippen LogP contribution in [-0.4, -0.2) is 12.0 Å². The molecule has 0 aromatic heterocycles. The molecule has 0 N–H and O–H groups in total. The minimum absolute atomic E-state index is 0.0501. The van der Waals surface area contributed by atoms with E-state index in [4.69, 9.17) is 0 Å². The monoisotopic (exact) mass is 196 g/mol. The minimum atomic E-state index is -4.13. The van der Waals surface area contributed by atoms with E-state index in [1.165, 1.54) is 0 Å². The van der Waals surface area contributed by atoms with E-state index >= 15 is 0 Å². The fourth-order valence-corrected chi connectivity index (χ4v) is 0.937. The first-order valence-electron chi connectivity index (χ1n) is 4.46. The molecule has 0 aliphatic heterocycles. The molecule has 0 amide bonds. The van der Waals surface area contributed by atoms with E-state index in [2.05, 4.69) is 0 Å². The molecule has 4 heteroatoms. The normalized spacial score (nSPS) is 14.2. The Kier molecular flexibility index (Phi) is 5.03. The van der Waals surface area contributed by atoms with Crippen molar-refractivity contribution in [3.63, 3.8) is 0 Å². The van der Waals surface area contributed by atoms with Gasteiger partial charge in [0.1, 0.15) is 5.78 Å². The number of carbonyl (C=O) groups is 1. The van der Waals surface area contributed by atoms with Gasteiger partial charge in [0.05, 0.1) is 0 Å². The van der Waals surface area contributed by atoms with Gasteiger partial charge in [-0.2, -0.15) is 13.2 Å². The minimum Gasteiger partial charge on any atom is -0.299 e. The fraction of sp³-hybridized carbons (Fsp3) is 0.889. The maximum atomic E-state index is 11.7. The summed E-state index contributed by atoms with van der Waals surface area (Å²) in [5, 5.41) is 0. The van der Waals surface area contributed by atoms with Gasteiger partial charge in [0.25, 0.3) is 0 Å². The Labute approximate surface area is 76.3 Å². The summed E-state index contributed by atoms with van der Waals surface area (Å²) in [5.41, 5.74) is 0. The highest BCUT2D eigenvalue weighted by Gasteiger charge is 2.26. The van der Waals surface area contributed by atoms with Crippen LogP contribution in [0.2, 0.25) is 0 Å². The third kappa shape index (κ3) is 6.61. The van der Waals surface area contributed by atoms with E-state index in [9.17, 15) is 18.0 Å². The molecule has 0 aromatic carbocycles. The second-order valence-corrected chi connectivity index (χ2v) is 3.24. The van der Waals surface area contributed by atoms with Crippen LogP contribution in [0.4, 0.5) is 13.2 Å². The van der Waals surface area contributed by atoms with Crippen molar-refractivity contribution in [1.29, 1.82) is 0 Å². The SMILES string of the molecule is CCC(C)C(=O)CCCC(F)(F)F. The second kappa shape index (κ2) is 5.25. The highest BCUT2D eigenvalue weighted by atomic mass is 19.4. The molecule has 0 saturated heterocycles. The molecule has 0 radical (unpaired) electrons. The number of hydrogen-bond acceptors (Lipinski definition) is 1. The molecule has 0 heterocycles. The third-order valence-electron chi connectivity index (χ3n) is 2.05. The average molecular weight is 196 g/mol. The van der Waals surface area contributed by atoms with Crippen molar-refractivity contribution >= 4 is 5.78 Å². The molecule has 0 aromatic rings. The fourth-order valence-electron chi connectivity index (χ4n) is 0.937. The second-order valence-electron chi connectivity index (χ2n) is 3.24. The molecule has 0 aliphatic rings. The van der Waals surface area contributed by atoms with Crippen molar-refractivity contribution in [3.05, 3.63) is 0 Å². The van der Waals surface area contributed by atoms with Crippen LogP contribution in [0.3, 0.4) is 0 Å². The molecule has 0 spiro atoms. The van der Waals surface area contributed by atoms with E-state index in [-0.39, 0.29) is 24.5 Å². The van der Waals surface area contributed by atoms with E-state index in [1.807, 2.05) is 6.92 Å². The van der Waals surface area contributed by atoms with Crippen molar-refractivity contribution in [2.24, 2.45) is 5.92 Å². The van der Waals surface area contributed by atoms with Gasteiger partial charge in [-0.3, -0.25) is 4.79 Å². The Morgan fingerprint density at radius 1 is 1.38 bits per heavy atom. The Bertz CT molecular complexity index is 163. The molecular weight excluding hydrogens is 181 g/mol. The summed E-state index contributed by atoms with van der Waals surface area (Å²) >= 11 is 0. The lowest BCUT2D eigenvalue weighted by molar-refractivity contribution is -0.137. The summed E-state index contributed by atoms with van der Waals surface area (Å²) in [6.07, 6.45) is -4.31. The summed E-state index contributed by atoms with van der Waals surface area (Å²) in [5.74, 6) is -0.167. The molecule has 0 saturated carbocycles. The van der Waals surface area contributed by atoms with Gasteiger partial charge < -0.3 is 0 Å². The predicted molar refractivity (Wildman–Crippen MR) is 44.4 cm³/mol. The van der Waals surface area contributed by atoms with Gasteiger partial charge in [-0.1, -0.05) is 13.8 Å². The molecule has 0 rings (SSSR count). The number of hydrogen-bond donors (Lipinski definition) is 0. The summed E-state index contributed by atoms with van der Waals surface area (Å²) in [6, 6.07) is 0. The number of Topliss-reactive ketones (excluding diaryl/α,β-unsaturated/α-hetero) is 1. The number of ketones is 1. The van der Waals surface area contributed by atoms with Crippen molar-refractivity contribution in [2.45, 2.75) is 45.7 Å². The molecule has 0 fully saturated rings. The van der Waals surface area contributed by atoms with Crippen LogP contribution < -0.4 is 0 Å². The highest BCUT2D eigenvalue weighted by molar-refractivity contribution is 5.80. The lowest BCUT2D eigenvalue weighted by Crippen LogP contribution is -2.12. The van der Waals surface area contributed by atoms with E-state index in [0.717, 1.165) is 0 Å². The van der Waals surface area contributed by atoms with E-state index in [0.29, 0.717) is 6.42 Å². The first-order valence-corrected chi connectivity index (χ1v) is 4.46. The molecule has 0 bridgehead atoms. The lowest BCUT2D eigenvalue weighted by atomic mass is 9.99. The van der Waals surface area contributed by atoms with Gasteiger partial charge in [0.15, 0.2) is 0 Å². The first-order chi connectivity index (χ1) is 5.87. The van der Waals surface area contributed by atoms with Crippen molar-refractivity contribution < 1.29 is 18.0 Å². The number of rotatable bonds is 5. The van der Waals surface area contributed by atoms with Crippen LogP contribution in [0.25, 0.3) is 0 Å². The van der Waals surface area contributed by atoms with Gasteiger partial charge in [-0.25, -0.2) is 0 Å². The summed E-state index contributed by atoms with van der Waals surface area (Å²) < 4.78 is 35.0. The lowest BCUT2D eigenvalue weighted by Gasteiger charge is -2.08. The Morgan fingerprint density at radius 2 is 1.92 bits per heavy atom. The quantitative estimate of drug-likeness (QED) is 0.659. The van der Waals surface area contributed by atoms with Gasteiger partial charge in [-0.05, 0) is 12.8 Å². The Hall–Kier alpha value is -0.540. The van der Waals surface area contributed by atoms with E-state index in [1.54, 1.807) is 6.92 Å². The van der Waals surface area contributed by atoms with Crippen LogP contribution in [-0.2, 0) is 4.79 Å². The largest absolute Gasteiger partial charge is 0.389 e. The maximum absolute atomic E-state index is 11.7. The molecular formula is C9H15F3O. The molecule has 1 nitrogen and oxygen atoms in total. The Balaban J connectivity index is 3.60. The zero-order chi connectivity index (χ0) is 10.5.